The van der Waals surface area contributed by atoms with E-state index in [1.807, 2.05) is 0 Å². The van der Waals surface area contributed by atoms with Crippen LogP contribution in [0.5, 0.6) is 5.75 Å². The fourth-order valence-electron chi connectivity index (χ4n) is 1.80. The van der Waals surface area contributed by atoms with E-state index >= 15 is 0 Å². The maximum Gasteiger partial charge on any atom is 0.165 e. The number of ether oxygens (including phenoxy) is 1. The SMILES string of the molecule is C[C@@H](O)c1ccc(OCc2ccc(F)c(C#N)c2)c(F)c1. The van der Waals surface area contributed by atoms with Gasteiger partial charge in [0.2, 0.25) is 0 Å². The van der Waals surface area contributed by atoms with Crippen molar-refractivity contribution in [2.75, 3.05) is 0 Å². The second kappa shape index (κ2) is 6.33. The highest BCUT2D eigenvalue weighted by molar-refractivity contribution is 5.35. The molecule has 2 aromatic rings. The third-order valence-electron chi connectivity index (χ3n) is 2.98. The van der Waals surface area contributed by atoms with Crippen LogP contribution in [0.2, 0.25) is 0 Å². The summed E-state index contributed by atoms with van der Waals surface area (Å²) in [4.78, 5) is 0. The highest BCUT2D eigenvalue weighted by Crippen LogP contribution is 2.23. The van der Waals surface area contributed by atoms with Crippen molar-refractivity contribution in [1.29, 1.82) is 5.26 Å². The van der Waals surface area contributed by atoms with Gasteiger partial charge in [0.25, 0.3) is 0 Å². The van der Waals surface area contributed by atoms with Gasteiger partial charge < -0.3 is 9.84 Å². The van der Waals surface area contributed by atoms with Gasteiger partial charge >= 0.3 is 0 Å². The van der Waals surface area contributed by atoms with E-state index in [1.54, 1.807) is 12.1 Å². The molecule has 0 saturated carbocycles. The lowest BCUT2D eigenvalue weighted by atomic mass is 10.1. The first kappa shape index (κ1) is 14.9. The second-order valence-electron chi connectivity index (χ2n) is 4.58. The normalized spacial score (nSPS) is 11.8. The molecule has 0 heterocycles. The fourth-order valence-corrected chi connectivity index (χ4v) is 1.80. The van der Waals surface area contributed by atoms with Crippen LogP contribution in [0.1, 0.15) is 29.7 Å². The number of nitrogens with zero attached hydrogens (tertiary/aromatic N) is 1. The monoisotopic (exact) mass is 289 g/mol. The molecule has 0 aliphatic heterocycles. The van der Waals surface area contributed by atoms with E-state index in [-0.39, 0.29) is 17.9 Å². The molecule has 21 heavy (non-hydrogen) atoms. The minimum atomic E-state index is -0.760. The van der Waals surface area contributed by atoms with Gasteiger partial charge in [0, 0.05) is 0 Å². The van der Waals surface area contributed by atoms with E-state index in [0.717, 1.165) is 0 Å². The number of hydrogen-bond donors (Lipinski definition) is 1. The Balaban J connectivity index is 2.12. The molecule has 1 atom stereocenters. The summed E-state index contributed by atoms with van der Waals surface area (Å²) in [6.45, 7) is 1.55. The van der Waals surface area contributed by atoms with E-state index < -0.39 is 17.7 Å². The number of aliphatic hydroxyl groups is 1. The summed E-state index contributed by atoms with van der Waals surface area (Å²) in [5, 5.41) is 18.1. The molecule has 0 fully saturated rings. The Morgan fingerprint density at radius 1 is 1.19 bits per heavy atom. The van der Waals surface area contributed by atoms with Crippen LogP contribution in [-0.4, -0.2) is 5.11 Å². The summed E-state index contributed by atoms with van der Waals surface area (Å²) < 4.78 is 32.3. The first-order valence-corrected chi connectivity index (χ1v) is 6.30. The number of benzene rings is 2. The average Bonchev–Trinajstić information content (AvgIpc) is 2.47. The fraction of sp³-hybridized carbons (Fsp3) is 0.188. The zero-order chi connectivity index (χ0) is 15.4. The molecular formula is C16H13F2NO2. The topological polar surface area (TPSA) is 53.2 Å². The molecule has 0 saturated heterocycles. The molecule has 3 nitrogen and oxygen atoms in total. The van der Waals surface area contributed by atoms with Crippen LogP contribution in [0.3, 0.4) is 0 Å². The van der Waals surface area contributed by atoms with E-state index in [4.69, 9.17) is 10.00 Å². The molecule has 0 unspecified atom stereocenters. The summed E-state index contributed by atoms with van der Waals surface area (Å²) in [6.07, 6.45) is -0.760. The molecular weight excluding hydrogens is 276 g/mol. The third-order valence-corrected chi connectivity index (χ3v) is 2.98. The van der Waals surface area contributed by atoms with E-state index in [9.17, 15) is 13.9 Å². The molecule has 5 heteroatoms. The van der Waals surface area contributed by atoms with Gasteiger partial charge in [-0.25, -0.2) is 8.78 Å². The molecule has 0 aromatic heterocycles. The van der Waals surface area contributed by atoms with Gasteiger partial charge in [-0.1, -0.05) is 12.1 Å². The zero-order valence-corrected chi connectivity index (χ0v) is 11.3. The molecule has 0 bridgehead atoms. The maximum absolute atomic E-state index is 13.8. The summed E-state index contributed by atoms with van der Waals surface area (Å²) in [5.74, 6) is -1.16. The Kier molecular flexibility index (Phi) is 4.51. The minimum Gasteiger partial charge on any atom is -0.486 e. The van der Waals surface area contributed by atoms with Crippen LogP contribution in [0, 0.1) is 23.0 Å². The highest BCUT2D eigenvalue weighted by Gasteiger charge is 2.09. The number of aliphatic hydroxyl groups excluding tert-OH is 1. The Hall–Kier alpha value is -2.45. The molecule has 2 aromatic carbocycles. The Labute approximate surface area is 121 Å². The van der Waals surface area contributed by atoms with E-state index in [1.165, 1.54) is 37.3 Å². The van der Waals surface area contributed by atoms with Crippen molar-refractivity contribution < 1.29 is 18.6 Å². The molecule has 2 rings (SSSR count). The predicted octanol–water partition coefficient (Wildman–Crippen LogP) is 3.47. The smallest absolute Gasteiger partial charge is 0.165 e. The molecule has 0 amide bonds. The number of nitriles is 1. The van der Waals surface area contributed by atoms with Gasteiger partial charge in [-0.15, -0.1) is 0 Å². The van der Waals surface area contributed by atoms with Crippen LogP contribution in [0.4, 0.5) is 8.78 Å². The molecule has 1 N–H and O–H groups in total. The quantitative estimate of drug-likeness (QED) is 0.937. The molecule has 0 spiro atoms. The summed E-state index contributed by atoms with van der Waals surface area (Å²) in [5.41, 5.74) is 0.932. The first-order valence-electron chi connectivity index (χ1n) is 6.30. The summed E-state index contributed by atoms with van der Waals surface area (Å²) in [6, 6.07) is 9.92. The van der Waals surface area contributed by atoms with Crippen LogP contribution < -0.4 is 4.74 Å². The highest BCUT2D eigenvalue weighted by atomic mass is 19.1. The molecule has 108 valence electrons. The van der Waals surface area contributed by atoms with Crippen molar-refractivity contribution in [3.8, 4) is 11.8 Å². The molecule has 0 aliphatic carbocycles. The second-order valence-corrected chi connectivity index (χ2v) is 4.58. The Bertz CT molecular complexity index is 693. The van der Waals surface area contributed by atoms with Gasteiger partial charge in [0.15, 0.2) is 11.6 Å². The van der Waals surface area contributed by atoms with Crippen molar-refractivity contribution in [2.24, 2.45) is 0 Å². The Morgan fingerprint density at radius 2 is 1.95 bits per heavy atom. The van der Waals surface area contributed by atoms with Crippen LogP contribution >= 0.6 is 0 Å². The minimum absolute atomic E-state index is 0.0138. The van der Waals surface area contributed by atoms with Crippen LogP contribution in [0.15, 0.2) is 36.4 Å². The van der Waals surface area contributed by atoms with Gasteiger partial charge in [0.05, 0.1) is 11.7 Å². The predicted molar refractivity (Wildman–Crippen MR) is 72.5 cm³/mol. The van der Waals surface area contributed by atoms with Crippen molar-refractivity contribution in [3.05, 3.63) is 64.7 Å². The van der Waals surface area contributed by atoms with Crippen molar-refractivity contribution in [1.82, 2.24) is 0 Å². The van der Waals surface area contributed by atoms with Gasteiger partial charge in [-0.3, -0.25) is 0 Å². The van der Waals surface area contributed by atoms with Crippen LogP contribution in [-0.2, 0) is 6.61 Å². The van der Waals surface area contributed by atoms with Gasteiger partial charge in [-0.05, 0) is 42.3 Å². The van der Waals surface area contributed by atoms with E-state index in [2.05, 4.69) is 0 Å². The number of hydrogen-bond acceptors (Lipinski definition) is 3. The average molecular weight is 289 g/mol. The lowest BCUT2D eigenvalue weighted by molar-refractivity contribution is 0.198. The van der Waals surface area contributed by atoms with Gasteiger partial charge in [0.1, 0.15) is 18.5 Å². The number of halogens is 2. The third kappa shape index (κ3) is 3.56. The Morgan fingerprint density at radius 3 is 2.57 bits per heavy atom. The van der Waals surface area contributed by atoms with Crippen molar-refractivity contribution in [3.63, 3.8) is 0 Å². The zero-order valence-electron chi connectivity index (χ0n) is 11.3. The lowest BCUT2D eigenvalue weighted by Gasteiger charge is -2.10. The van der Waals surface area contributed by atoms with Crippen molar-refractivity contribution in [2.45, 2.75) is 19.6 Å². The largest absolute Gasteiger partial charge is 0.486 e. The van der Waals surface area contributed by atoms with Gasteiger partial charge in [-0.2, -0.15) is 5.26 Å². The van der Waals surface area contributed by atoms with Crippen LogP contribution in [0.25, 0.3) is 0 Å². The first-order chi connectivity index (χ1) is 10.0. The maximum atomic E-state index is 13.8. The molecule has 0 aliphatic rings. The van der Waals surface area contributed by atoms with E-state index in [0.29, 0.717) is 11.1 Å². The standard InChI is InChI=1S/C16H13F2NO2/c1-10(20)12-3-5-16(15(18)7-12)21-9-11-2-4-14(17)13(6-11)8-19/h2-7,10,20H,9H2,1H3/t10-/m1/s1. The van der Waals surface area contributed by atoms with Crippen molar-refractivity contribution >= 4 is 0 Å². The lowest BCUT2D eigenvalue weighted by Crippen LogP contribution is -2.00. The summed E-state index contributed by atoms with van der Waals surface area (Å²) >= 11 is 0. The number of rotatable bonds is 4. The summed E-state index contributed by atoms with van der Waals surface area (Å²) in [7, 11) is 0. The molecule has 0 radical (unpaired) electrons.